The van der Waals surface area contributed by atoms with Gasteiger partial charge in [0.25, 0.3) is 11.8 Å². The van der Waals surface area contributed by atoms with E-state index in [1.54, 1.807) is 36.4 Å². The van der Waals surface area contributed by atoms with E-state index < -0.39 is 23.7 Å². The van der Waals surface area contributed by atoms with Crippen molar-refractivity contribution in [1.29, 1.82) is 5.26 Å². The molecule has 6 nitrogen and oxygen atoms in total. The van der Waals surface area contributed by atoms with Gasteiger partial charge in [0.1, 0.15) is 0 Å². The van der Waals surface area contributed by atoms with Crippen LogP contribution in [0.4, 0.5) is 0 Å². The van der Waals surface area contributed by atoms with Crippen LogP contribution in [0.3, 0.4) is 0 Å². The lowest BCUT2D eigenvalue weighted by atomic mass is 10.1. The van der Waals surface area contributed by atoms with Crippen LogP contribution in [0, 0.1) is 17.2 Å². The van der Waals surface area contributed by atoms with Crippen molar-refractivity contribution in [2.45, 2.75) is 12.3 Å². The number of rotatable bonds is 3. The van der Waals surface area contributed by atoms with Crippen LogP contribution in [0.25, 0.3) is 0 Å². The molecule has 122 valence electrons. The Morgan fingerprint density at radius 2 is 1.64 bits per heavy atom. The number of nitrogens with zero attached hydrogens (tertiary/aromatic N) is 2. The molecule has 1 aliphatic carbocycles. The highest BCUT2D eigenvalue weighted by Crippen LogP contribution is 2.48. The molecule has 2 aromatic carbocycles. The molecule has 2 atom stereocenters. The first-order valence-electron chi connectivity index (χ1n) is 7.80. The van der Waals surface area contributed by atoms with Crippen LogP contribution in [0.15, 0.2) is 48.5 Å². The van der Waals surface area contributed by atoms with Gasteiger partial charge in [-0.05, 0) is 42.2 Å². The zero-order valence-corrected chi connectivity index (χ0v) is 13.0. The van der Waals surface area contributed by atoms with E-state index in [0.29, 0.717) is 17.0 Å². The lowest BCUT2D eigenvalue weighted by molar-refractivity contribution is -0.170. The number of benzene rings is 2. The summed E-state index contributed by atoms with van der Waals surface area (Å²) < 4.78 is 0. The minimum absolute atomic E-state index is 0.0181. The summed E-state index contributed by atoms with van der Waals surface area (Å²) in [4.78, 5) is 41.8. The van der Waals surface area contributed by atoms with E-state index in [0.717, 1.165) is 5.56 Å². The summed E-state index contributed by atoms with van der Waals surface area (Å²) in [7, 11) is 0. The summed E-state index contributed by atoms with van der Waals surface area (Å²) in [5, 5.41) is 9.36. The lowest BCUT2D eigenvalue weighted by Gasteiger charge is -2.12. The molecule has 2 aromatic rings. The second-order valence-electron chi connectivity index (χ2n) is 6.04. The molecule has 0 bridgehead atoms. The van der Waals surface area contributed by atoms with Crippen molar-refractivity contribution in [3.05, 3.63) is 70.8 Å². The number of hydroxylamine groups is 2. The van der Waals surface area contributed by atoms with Crippen LogP contribution in [0.1, 0.15) is 44.2 Å². The Labute approximate surface area is 143 Å². The highest BCUT2D eigenvalue weighted by molar-refractivity contribution is 6.20. The van der Waals surface area contributed by atoms with Crippen LogP contribution in [0.5, 0.6) is 0 Å². The SMILES string of the molecule is N#Cc1ccc([C@H]2CC2C(=O)ON2C(=O)c3ccccc3C2=O)cc1. The van der Waals surface area contributed by atoms with Gasteiger partial charge in [0.2, 0.25) is 0 Å². The summed E-state index contributed by atoms with van der Waals surface area (Å²) in [5.74, 6) is -2.24. The van der Waals surface area contributed by atoms with Crippen molar-refractivity contribution in [3.63, 3.8) is 0 Å². The Bertz CT molecular complexity index is 908. The predicted octanol–water partition coefficient (Wildman–Crippen LogP) is 2.42. The number of carbonyl (C=O) groups is 3. The molecule has 2 amide bonds. The van der Waals surface area contributed by atoms with E-state index in [2.05, 4.69) is 0 Å². The molecule has 1 aliphatic heterocycles. The van der Waals surface area contributed by atoms with Crippen molar-refractivity contribution in [2.24, 2.45) is 5.92 Å². The third-order valence-electron chi connectivity index (χ3n) is 4.50. The van der Waals surface area contributed by atoms with Crippen LogP contribution in [-0.4, -0.2) is 22.8 Å². The molecular formula is C19H12N2O4. The third-order valence-corrected chi connectivity index (χ3v) is 4.50. The van der Waals surface area contributed by atoms with Gasteiger partial charge in [-0.25, -0.2) is 4.79 Å². The highest BCUT2D eigenvalue weighted by atomic mass is 16.7. The highest BCUT2D eigenvalue weighted by Gasteiger charge is 2.48. The minimum atomic E-state index is -0.621. The molecule has 2 aliphatic rings. The molecular weight excluding hydrogens is 320 g/mol. The number of hydrogen-bond donors (Lipinski definition) is 0. The van der Waals surface area contributed by atoms with Gasteiger partial charge < -0.3 is 4.84 Å². The zero-order chi connectivity index (χ0) is 17.6. The molecule has 25 heavy (non-hydrogen) atoms. The van der Waals surface area contributed by atoms with Gasteiger partial charge in [0.15, 0.2) is 0 Å². The number of imide groups is 1. The number of amides is 2. The molecule has 6 heteroatoms. The average molecular weight is 332 g/mol. The van der Waals surface area contributed by atoms with E-state index in [4.69, 9.17) is 10.1 Å². The maximum atomic E-state index is 12.3. The largest absolute Gasteiger partial charge is 0.336 e. The van der Waals surface area contributed by atoms with Gasteiger partial charge in [-0.1, -0.05) is 29.3 Å². The van der Waals surface area contributed by atoms with Gasteiger partial charge in [0.05, 0.1) is 28.7 Å². The van der Waals surface area contributed by atoms with Crippen LogP contribution in [-0.2, 0) is 9.63 Å². The van der Waals surface area contributed by atoms with Crippen LogP contribution in [0.2, 0.25) is 0 Å². The van der Waals surface area contributed by atoms with Gasteiger partial charge >= 0.3 is 5.97 Å². The van der Waals surface area contributed by atoms with Crippen molar-refractivity contribution in [1.82, 2.24) is 5.06 Å². The molecule has 1 heterocycles. The number of fused-ring (bicyclic) bond motifs is 1. The van der Waals surface area contributed by atoms with Crippen LogP contribution >= 0.6 is 0 Å². The smallest absolute Gasteiger partial charge is 0.329 e. The standard InChI is InChI=1S/C19H12N2O4/c20-10-11-5-7-12(8-6-11)15-9-16(15)19(24)25-21-17(22)13-3-1-2-4-14(13)18(21)23/h1-8,15-16H,9H2/t15-,16?/m1/s1. The summed E-state index contributed by atoms with van der Waals surface area (Å²) in [6.45, 7) is 0. The quantitative estimate of drug-likeness (QED) is 0.806. The van der Waals surface area contributed by atoms with Crippen molar-refractivity contribution in [3.8, 4) is 6.07 Å². The molecule has 0 N–H and O–H groups in total. The Morgan fingerprint density at radius 3 is 2.20 bits per heavy atom. The average Bonchev–Trinajstić information content (AvgIpc) is 3.42. The Hall–Kier alpha value is -3.46. The fourth-order valence-corrected chi connectivity index (χ4v) is 3.04. The molecule has 1 fully saturated rings. The van der Waals surface area contributed by atoms with Crippen molar-refractivity contribution in [2.75, 3.05) is 0 Å². The first kappa shape index (κ1) is 15.1. The van der Waals surface area contributed by atoms with Gasteiger partial charge in [-0.3, -0.25) is 9.59 Å². The van der Waals surface area contributed by atoms with Crippen molar-refractivity contribution >= 4 is 17.8 Å². The normalized spacial score (nSPS) is 20.8. The molecule has 1 saturated carbocycles. The van der Waals surface area contributed by atoms with E-state index in [1.165, 1.54) is 12.1 Å². The maximum Gasteiger partial charge on any atom is 0.336 e. The molecule has 0 spiro atoms. The monoisotopic (exact) mass is 332 g/mol. The minimum Gasteiger partial charge on any atom is -0.329 e. The fraction of sp³-hybridized carbons (Fsp3) is 0.158. The van der Waals surface area contributed by atoms with E-state index in [-0.39, 0.29) is 17.0 Å². The Morgan fingerprint density at radius 1 is 1.04 bits per heavy atom. The third kappa shape index (κ3) is 2.46. The molecule has 0 aromatic heterocycles. The summed E-state index contributed by atoms with van der Waals surface area (Å²) in [5.41, 5.74) is 1.96. The second-order valence-corrected chi connectivity index (χ2v) is 6.04. The van der Waals surface area contributed by atoms with E-state index in [9.17, 15) is 14.4 Å². The summed E-state index contributed by atoms with van der Waals surface area (Å²) >= 11 is 0. The second kappa shape index (κ2) is 5.56. The van der Waals surface area contributed by atoms with Crippen LogP contribution < -0.4 is 0 Å². The molecule has 0 radical (unpaired) electrons. The summed E-state index contributed by atoms with van der Waals surface area (Å²) in [6, 6.07) is 15.4. The number of carbonyl (C=O) groups excluding carboxylic acids is 3. The number of nitriles is 1. The molecule has 4 rings (SSSR count). The van der Waals surface area contributed by atoms with Gasteiger partial charge in [0, 0.05) is 0 Å². The summed E-state index contributed by atoms with van der Waals surface area (Å²) in [6.07, 6.45) is 0.591. The topological polar surface area (TPSA) is 87.5 Å². The zero-order valence-electron chi connectivity index (χ0n) is 13.0. The van der Waals surface area contributed by atoms with Gasteiger partial charge in [-0.2, -0.15) is 5.26 Å². The Balaban J connectivity index is 1.45. The molecule has 0 saturated heterocycles. The fourth-order valence-electron chi connectivity index (χ4n) is 3.04. The molecule has 1 unspecified atom stereocenters. The number of hydrogen-bond acceptors (Lipinski definition) is 5. The lowest BCUT2D eigenvalue weighted by Crippen LogP contribution is -2.33. The predicted molar refractivity (Wildman–Crippen MR) is 85.0 cm³/mol. The van der Waals surface area contributed by atoms with E-state index >= 15 is 0 Å². The van der Waals surface area contributed by atoms with Gasteiger partial charge in [-0.15, -0.1) is 0 Å². The first-order chi connectivity index (χ1) is 12.1. The van der Waals surface area contributed by atoms with E-state index in [1.807, 2.05) is 6.07 Å². The Kier molecular flexibility index (Phi) is 3.36. The maximum absolute atomic E-state index is 12.3. The van der Waals surface area contributed by atoms with Crippen molar-refractivity contribution < 1.29 is 19.2 Å². The first-order valence-corrected chi connectivity index (χ1v) is 7.80.